The van der Waals surface area contributed by atoms with Crippen LogP contribution in [0.3, 0.4) is 0 Å². The highest BCUT2D eigenvalue weighted by Gasteiger charge is 2.21. The first-order valence-corrected chi connectivity index (χ1v) is 11.9. The summed E-state index contributed by atoms with van der Waals surface area (Å²) in [6, 6.07) is 16.2. The SMILES string of the molecule is Cc1ccc(C)c(S(=O)(=O)Oc2ccc(C(=O)OC(C)C(=O)Nc3ccc(C(N)=O)cc3)cc2)c1. The summed E-state index contributed by atoms with van der Waals surface area (Å²) >= 11 is 0. The fourth-order valence-corrected chi connectivity index (χ4v) is 4.29. The van der Waals surface area contributed by atoms with E-state index in [4.69, 9.17) is 14.7 Å². The molecule has 3 aromatic carbocycles. The van der Waals surface area contributed by atoms with Crippen LogP contribution >= 0.6 is 0 Å². The minimum absolute atomic E-state index is 0.0210. The van der Waals surface area contributed by atoms with Gasteiger partial charge >= 0.3 is 16.1 Å². The largest absolute Gasteiger partial charge is 0.449 e. The molecule has 3 aromatic rings. The molecule has 182 valence electrons. The van der Waals surface area contributed by atoms with E-state index < -0.39 is 34.0 Å². The third-order valence-electron chi connectivity index (χ3n) is 5.00. The van der Waals surface area contributed by atoms with Gasteiger partial charge in [-0.1, -0.05) is 12.1 Å². The summed E-state index contributed by atoms with van der Waals surface area (Å²) in [6.45, 7) is 4.85. The highest BCUT2D eigenvalue weighted by molar-refractivity contribution is 7.87. The van der Waals surface area contributed by atoms with Crippen LogP contribution in [-0.2, 0) is 19.6 Å². The zero-order chi connectivity index (χ0) is 25.8. The number of anilines is 1. The first kappa shape index (κ1) is 25.4. The molecule has 0 saturated carbocycles. The van der Waals surface area contributed by atoms with Gasteiger partial charge in [-0.2, -0.15) is 8.42 Å². The van der Waals surface area contributed by atoms with Crippen molar-refractivity contribution in [2.45, 2.75) is 31.8 Å². The van der Waals surface area contributed by atoms with Gasteiger partial charge in [-0.25, -0.2) is 4.79 Å². The van der Waals surface area contributed by atoms with E-state index in [0.717, 1.165) is 5.56 Å². The maximum Gasteiger partial charge on any atom is 0.339 e. The highest BCUT2D eigenvalue weighted by Crippen LogP contribution is 2.23. The Labute approximate surface area is 203 Å². The number of ether oxygens (including phenoxy) is 1. The van der Waals surface area contributed by atoms with E-state index in [1.807, 2.05) is 0 Å². The summed E-state index contributed by atoms with van der Waals surface area (Å²) in [5.41, 5.74) is 7.29. The lowest BCUT2D eigenvalue weighted by Gasteiger charge is -2.14. The molecule has 35 heavy (non-hydrogen) atoms. The molecule has 0 aromatic heterocycles. The minimum Gasteiger partial charge on any atom is -0.449 e. The topological polar surface area (TPSA) is 142 Å². The van der Waals surface area contributed by atoms with Crippen molar-refractivity contribution in [3.63, 3.8) is 0 Å². The molecule has 0 saturated heterocycles. The number of hydrogen-bond donors (Lipinski definition) is 2. The fourth-order valence-electron chi connectivity index (χ4n) is 3.04. The van der Waals surface area contributed by atoms with E-state index in [1.165, 1.54) is 61.5 Å². The number of amides is 2. The van der Waals surface area contributed by atoms with Gasteiger partial charge in [0.15, 0.2) is 6.10 Å². The number of benzene rings is 3. The smallest absolute Gasteiger partial charge is 0.339 e. The molecule has 2 amide bonds. The molecule has 0 spiro atoms. The van der Waals surface area contributed by atoms with E-state index in [0.29, 0.717) is 11.3 Å². The summed E-state index contributed by atoms with van der Waals surface area (Å²) in [5, 5.41) is 2.57. The number of primary amides is 1. The Hall–Kier alpha value is -4.18. The van der Waals surface area contributed by atoms with Crippen molar-refractivity contribution in [2.24, 2.45) is 5.73 Å². The third kappa shape index (κ3) is 6.45. The lowest BCUT2D eigenvalue weighted by atomic mass is 10.2. The van der Waals surface area contributed by atoms with Crippen LogP contribution in [0.25, 0.3) is 0 Å². The Balaban J connectivity index is 1.61. The highest BCUT2D eigenvalue weighted by atomic mass is 32.2. The van der Waals surface area contributed by atoms with Crippen LogP contribution in [0.4, 0.5) is 5.69 Å². The van der Waals surface area contributed by atoms with Gasteiger partial charge in [-0.05, 0) is 86.5 Å². The van der Waals surface area contributed by atoms with Crippen LogP contribution in [-0.4, -0.2) is 32.3 Å². The van der Waals surface area contributed by atoms with Gasteiger partial charge < -0.3 is 20.0 Å². The quantitative estimate of drug-likeness (QED) is 0.360. The second-order valence-electron chi connectivity index (χ2n) is 7.81. The minimum atomic E-state index is -4.06. The van der Waals surface area contributed by atoms with Crippen molar-refractivity contribution in [3.05, 3.63) is 89.0 Å². The molecule has 1 atom stereocenters. The Kier molecular flexibility index (Phi) is 7.55. The number of carbonyl (C=O) groups excluding carboxylic acids is 3. The van der Waals surface area contributed by atoms with Crippen molar-refractivity contribution < 1.29 is 31.7 Å². The van der Waals surface area contributed by atoms with Crippen LogP contribution in [0, 0.1) is 13.8 Å². The van der Waals surface area contributed by atoms with E-state index in [-0.39, 0.29) is 21.8 Å². The van der Waals surface area contributed by atoms with Gasteiger partial charge in [0.1, 0.15) is 10.6 Å². The molecule has 9 nitrogen and oxygen atoms in total. The normalized spacial score (nSPS) is 11.9. The van der Waals surface area contributed by atoms with E-state index in [9.17, 15) is 22.8 Å². The molecule has 0 aliphatic carbocycles. The molecule has 1 unspecified atom stereocenters. The predicted octanol–water partition coefficient (Wildman–Crippen LogP) is 3.35. The van der Waals surface area contributed by atoms with Gasteiger partial charge in [0, 0.05) is 11.3 Å². The average Bonchev–Trinajstić information content (AvgIpc) is 2.81. The summed E-state index contributed by atoms with van der Waals surface area (Å²) in [5.74, 6) is -1.93. The number of hydrogen-bond acceptors (Lipinski definition) is 7. The predicted molar refractivity (Wildman–Crippen MR) is 129 cm³/mol. The summed E-state index contributed by atoms with van der Waals surface area (Å²) < 4.78 is 35.7. The lowest BCUT2D eigenvalue weighted by molar-refractivity contribution is -0.123. The van der Waals surface area contributed by atoms with Crippen LogP contribution in [0.2, 0.25) is 0 Å². The number of esters is 1. The van der Waals surface area contributed by atoms with Crippen LogP contribution in [0.15, 0.2) is 71.6 Å². The van der Waals surface area contributed by atoms with Crippen molar-refractivity contribution in [1.82, 2.24) is 0 Å². The molecule has 3 N–H and O–H groups in total. The van der Waals surface area contributed by atoms with Gasteiger partial charge in [-0.3, -0.25) is 9.59 Å². The maximum absolute atomic E-state index is 12.6. The van der Waals surface area contributed by atoms with Crippen molar-refractivity contribution in [1.29, 1.82) is 0 Å². The van der Waals surface area contributed by atoms with Crippen molar-refractivity contribution in [2.75, 3.05) is 5.32 Å². The Morgan fingerprint density at radius 3 is 2.09 bits per heavy atom. The van der Waals surface area contributed by atoms with Gasteiger partial charge in [0.2, 0.25) is 5.91 Å². The number of aryl methyl sites for hydroxylation is 2. The molecule has 0 fully saturated rings. The van der Waals surface area contributed by atoms with Crippen molar-refractivity contribution in [3.8, 4) is 5.75 Å². The second kappa shape index (κ2) is 10.4. The van der Waals surface area contributed by atoms with Crippen molar-refractivity contribution >= 4 is 33.6 Å². The molecular formula is C25H24N2O7S. The molecule has 0 bridgehead atoms. The fraction of sp³-hybridized carbons (Fsp3) is 0.160. The van der Waals surface area contributed by atoms with Crippen LogP contribution in [0.1, 0.15) is 38.8 Å². The molecule has 0 aliphatic heterocycles. The molecular weight excluding hydrogens is 472 g/mol. The zero-order valence-electron chi connectivity index (χ0n) is 19.3. The zero-order valence-corrected chi connectivity index (χ0v) is 20.1. The summed E-state index contributed by atoms with van der Waals surface area (Å²) in [7, 11) is -4.06. The Bertz CT molecular complexity index is 1370. The van der Waals surface area contributed by atoms with E-state index >= 15 is 0 Å². The van der Waals surface area contributed by atoms with Crippen LogP contribution in [0.5, 0.6) is 5.75 Å². The number of carbonyl (C=O) groups is 3. The van der Waals surface area contributed by atoms with Crippen LogP contribution < -0.4 is 15.2 Å². The molecule has 3 rings (SSSR count). The first-order chi connectivity index (χ1) is 16.5. The molecule has 10 heteroatoms. The summed E-state index contributed by atoms with van der Waals surface area (Å²) in [6.07, 6.45) is -1.13. The Morgan fingerprint density at radius 1 is 0.886 bits per heavy atom. The van der Waals surface area contributed by atoms with E-state index in [2.05, 4.69) is 5.32 Å². The monoisotopic (exact) mass is 496 g/mol. The number of nitrogens with two attached hydrogens (primary N) is 1. The lowest BCUT2D eigenvalue weighted by Crippen LogP contribution is -2.30. The molecule has 0 heterocycles. The Morgan fingerprint density at radius 2 is 1.49 bits per heavy atom. The maximum atomic E-state index is 12.6. The number of nitrogens with one attached hydrogen (secondary N) is 1. The van der Waals surface area contributed by atoms with Gasteiger partial charge in [0.05, 0.1) is 5.56 Å². The van der Waals surface area contributed by atoms with Gasteiger partial charge in [-0.15, -0.1) is 0 Å². The molecule has 0 aliphatic rings. The molecule has 0 radical (unpaired) electrons. The standard InChI is InChI=1S/C25H24N2O7S/c1-15-4-5-16(2)22(14-15)35(31,32)34-21-12-8-19(9-13-21)25(30)33-17(3)24(29)27-20-10-6-18(7-11-20)23(26)28/h4-14,17H,1-3H3,(H2,26,28)(H,27,29). The van der Waals surface area contributed by atoms with Gasteiger partial charge in [0.25, 0.3) is 5.91 Å². The third-order valence-corrected chi connectivity index (χ3v) is 6.39. The second-order valence-corrected chi connectivity index (χ2v) is 9.32. The average molecular weight is 497 g/mol. The summed E-state index contributed by atoms with van der Waals surface area (Å²) in [4.78, 5) is 35.9. The van der Waals surface area contributed by atoms with E-state index in [1.54, 1.807) is 26.0 Å². The first-order valence-electron chi connectivity index (χ1n) is 10.5. The number of rotatable bonds is 8.